The first-order valence-electron chi connectivity index (χ1n) is 9.42. The Hall–Kier alpha value is -1.99. The molecule has 3 heteroatoms. The van der Waals surface area contributed by atoms with Crippen LogP contribution in [0.25, 0.3) is 0 Å². The van der Waals surface area contributed by atoms with Crippen LogP contribution < -0.4 is 15.9 Å². The van der Waals surface area contributed by atoms with Crippen LogP contribution in [-0.4, -0.2) is 26.7 Å². The molecule has 0 aromatic heterocycles. The highest BCUT2D eigenvalue weighted by Crippen LogP contribution is 2.55. The molecule has 0 unspecified atom stereocenters. The standard InChI is InChI=1S/C24H28O2P/c1-25-24(26-2)19-12-20-27(21-13-6-3-7-14-21,22-15-8-4-9-16-22)23-17-10-5-11-18-23/h3-11,13-18,24H,12,19-20H2,1-2H3/q+1. The summed E-state index contributed by atoms with van der Waals surface area (Å²) in [5.41, 5.74) is 0. The van der Waals surface area contributed by atoms with Gasteiger partial charge in [-0.3, -0.25) is 0 Å². The van der Waals surface area contributed by atoms with Gasteiger partial charge in [-0.25, -0.2) is 0 Å². The van der Waals surface area contributed by atoms with Gasteiger partial charge in [-0.15, -0.1) is 0 Å². The minimum Gasteiger partial charge on any atom is -0.356 e. The summed E-state index contributed by atoms with van der Waals surface area (Å²) in [6, 6.07) is 33.0. The van der Waals surface area contributed by atoms with Gasteiger partial charge in [-0.1, -0.05) is 54.6 Å². The molecule has 0 N–H and O–H groups in total. The molecule has 0 saturated carbocycles. The van der Waals surface area contributed by atoms with Gasteiger partial charge in [0.05, 0.1) is 6.16 Å². The van der Waals surface area contributed by atoms with Crippen molar-refractivity contribution in [3.05, 3.63) is 91.0 Å². The Labute approximate surface area is 163 Å². The molecule has 0 radical (unpaired) electrons. The summed E-state index contributed by atoms with van der Waals surface area (Å²) in [5.74, 6) is 0. The first-order chi connectivity index (χ1) is 13.3. The molecule has 0 aliphatic rings. The van der Waals surface area contributed by atoms with Crippen molar-refractivity contribution in [1.29, 1.82) is 0 Å². The van der Waals surface area contributed by atoms with Gasteiger partial charge in [0.25, 0.3) is 0 Å². The molecule has 0 amide bonds. The summed E-state index contributed by atoms with van der Waals surface area (Å²) in [4.78, 5) is 0. The second-order valence-corrected chi connectivity index (χ2v) is 10.2. The van der Waals surface area contributed by atoms with Crippen LogP contribution in [0.1, 0.15) is 12.8 Å². The van der Waals surface area contributed by atoms with E-state index in [0.717, 1.165) is 19.0 Å². The van der Waals surface area contributed by atoms with Gasteiger partial charge in [0.15, 0.2) is 6.29 Å². The molecule has 0 aliphatic heterocycles. The molecule has 0 atom stereocenters. The third-order valence-corrected chi connectivity index (χ3v) is 9.58. The SMILES string of the molecule is COC(CCC[P+](c1ccccc1)(c1ccccc1)c1ccccc1)OC. The molecule has 0 aliphatic carbocycles. The van der Waals surface area contributed by atoms with Crippen molar-refractivity contribution in [3.8, 4) is 0 Å². The Morgan fingerprint density at radius 2 is 1.00 bits per heavy atom. The zero-order chi connectivity index (χ0) is 19.0. The second kappa shape index (κ2) is 9.80. The smallest absolute Gasteiger partial charge is 0.156 e. The van der Waals surface area contributed by atoms with E-state index in [1.54, 1.807) is 14.2 Å². The molecule has 140 valence electrons. The summed E-state index contributed by atoms with van der Waals surface area (Å²) < 4.78 is 10.8. The molecular formula is C24H28O2P+. The Kier molecular flexibility index (Phi) is 7.18. The van der Waals surface area contributed by atoms with Crippen molar-refractivity contribution in [2.45, 2.75) is 19.1 Å². The molecule has 2 nitrogen and oxygen atoms in total. The fourth-order valence-corrected chi connectivity index (χ4v) is 8.08. The first-order valence-corrected chi connectivity index (χ1v) is 11.4. The summed E-state index contributed by atoms with van der Waals surface area (Å²) in [5, 5.41) is 4.27. The van der Waals surface area contributed by atoms with E-state index in [1.165, 1.54) is 15.9 Å². The molecule has 0 fully saturated rings. The molecule has 0 saturated heterocycles. The van der Waals surface area contributed by atoms with E-state index in [-0.39, 0.29) is 6.29 Å². The van der Waals surface area contributed by atoms with E-state index in [1.807, 2.05) is 0 Å². The van der Waals surface area contributed by atoms with Crippen molar-refractivity contribution in [1.82, 2.24) is 0 Å². The zero-order valence-corrected chi connectivity index (χ0v) is 17.0. The maximum Gasteiger partial charge on any atom is 0.156 e. The van der Waals surface area contributed by atoms with Crippen molar-refractivity contribution < 1.29 is 9.47 Å². The van der Waals surface area contributed by atoms with Gasteiger partial charge in [0, 0.05) is 20.6 Å². The predicted octanol–water partition coefficient (Wildman–Crippen LogP) is 4.38. The Balaban J connectivity index is 2.08. The van der Waals surface area contributed by atoms with Crippen molar-refractivity contribution in [2.24, 2.45) is 0 Å². The van der Waals surface area contributed by atoms with E-state index < -0.39 is 7.26 Å². The Bertz CT molecular complexity index is 690. The molecule has 0 bridgehead atoms. The molecule has 3 rings (SSSR count). The van der Waals surface area contributed by atoms with Crippen LogP contribution in [0.15, 0.2) is 91.0 Å². The lowest BCUT2D eigenvalue weighted by atomic mass is 10.3. The maximum absolute atomic E-state index is 5.42. The lowest BCUT2D eigenvalue weighted by molar-refractivity contribution is -0.106. The van der Waals surface area contributed by atoms with E-state index in [2.05, 4.69) is 91.0 Å². The monoisotopic (exact) mass is 379 g/mol. The van der Waals surface area contributed by atoms with Crippen LogP contribution >= 0.6 is 7.26 Å². The average molecular weight is 379 g/mol. The molecule has 3 aromatic carbocycles. The van der Waals surface area contributed by atoms with Gasteiger partial charge in [-0.2, -0.15) is 0 Å². The van der Waals surface area contributed by atoms with Crippen LogP contribution in [0.4, 0.5) is 0 Å². The van der Waals surface area contributed by atoms with E-state index >= 15 is 0 Å². The lowest BCUT2D eigenvalue weighted by Gasteiger charge is -2.28. The van der Waals surface area contributed by atoms with E-state index in [9.17, 15) is 0 Å². The fraction of sp³-hybridized carbons (Fsp3) is 0.250. The summed E-state index contributed by atoms with van der Waals surface area (Å²) >= 11 is 0. The highest BCUT2D eigenvalue weighted by Gasteiger charge is 2.44. The van der Waals surface area contributed by atoms with Gasteiger partial charge in [0.1, 0.15) is 23.2 Å². The number of benzene rings is 3. The van der Waals surface area contributed by atoms with Crippen LogP contribution in [0.2, 0.25) is 0 Å². The summed E-state index contributed by atoms with van der Waals surface area (Å²) in [6.45, 7) is 0. The lowest BCUT2D eigenvalue weighted by Crippen LogP contribution is -2.33. The molecule has 0 spiro atoms. The van der Waals surface area contributed by atoms with Gasteiger partial charge in [-0.05, 0) is 42.8 Å². The third-order valence-electron chi connectivity index (χ3n) is 5.05. The van der Waals surface area contributed by atoms with Crippen LogP contribution in [0, 0.1) is 0 Å². The number of rotatable bonds is 9. The second-order valence-electron chi connectivity index (χ2n) is 6.58. The number of methoxy groups -OCH3 is 2. The Morgan fingerprint density at radius 1 is 0.630 bits per heavy atom. The predicted molar refractivity (Wildman–Crippen MR) is 117 cm³/mol. The maximum atomic E-state index is 5.42. The zero-order valence-electron chi connectivity index (χ0n) is 16.1. The normalized spacial score (nSPS) is 11.7. The quantitative estimate of drug-likeness (QED) is 0.406. The number of hydrogen-bond acceptors (Lipinski definition) is 2. The largest absolute Gasteiger partial charge is 0.356 e. The van der Waals surface area contributed by atoms with E-state index in [4.69, 9.17) is 9.47 Å². The minimum atomic E-state index is -1.74. The highest BCUT2D eigenvalue weighted by atomic mass is 31.2. The van der Waals surface area contributed by atoms with Gasteiger partial charge >= 0.3 is 0 Å². The van der Waals surface area contributed by atoms with Crippen LogP contribution in [-0.2, 0) is 9.47 Å². The summed E-state index contributed by atoms with van der Waals surface area (Å²) in [6.07, 6.45) is 2.88. The first kappa shape index (κ1) is 19.8. The molecule has 3 aromatic rings. The van der Waals surface area contributed by atoms with Crippen molar-refractivity contribution in [2.75, 3.05) is 20.4 Å². The average Bonchev–Trinajstić information content (AvgIpc) is 2.76. The molecular weight excluding hydrogens is 351 g/mol. The fourth-order valence-electron chi connectivity index (χ4n) is 3.71. The van der Waals surface area contributed by atoms with Crippen molar-refractivity contribution >= 4 is 23.2 Å². The van der Waals surface area contributed by atoms with Gasteiger partial charge in [0.2, 0.25) is 0 Å². The van der Waals surface area contributed by atoms with Crippen LogP contribution in [0.3, 0.4) is 0 Å². The topological polar surface area (TPSA) is 18.5 Å². The highest BCUT2D eigenvalue weighted by molar-refractivity contribution is 7.95. The van der Waals surface area contributed by atoms with Crippen LogP contribution in [0.5, 0.6) is 0 Å². The molecule has 27 heavy (non-hydrogen) atoms. The van der Waals surface area contributed by atoms with E-state index in [0.29, 0.717) is 0 Å². The Morgan fingerprint density at radius 3 is 1.33 bits per heavy atom. The minimum absolute atomic E-state index is 0.144. The number of hydrogen-bond donors (Lipinski definition) is 0. The third kappa shape index (κ3) is 4.47. The molecule has 0 heterocycles. The van der Waals surface area contributed by atoms with Gasteiger partial charge < -0.3 is 9.47 Å². The van der Waals surface area contributed by atoms with Crippen molar-refractivity contribution in [3.63, 3.8) is 0 Å². The summed E-state index contributed by atoms with van der Waals surface area (Å²) in [7, 11) is 1.68. The number of ether oxygens (including phenoxy) is 2.